The van der Waals surface area contributed by atoms with Crippen LogP contribution in [0.2, 0.25) is 0 Å². The van der Waals surface area contributed by atoms with Crippen LogP contribution in [0.1, 0.15) is 67.6 Å². The second-order valence-corrected chi connectivity index (χ2v) is 6.99. The first kappa shape index (κ1) is 14.0. The molecule has 1 aromatic heterocycles. The maximum atomic E-state index is 4.53. The van der Waals surface area contributed by atoms with Crippen LogP contribution in [0.4, 0.5) is 0 Å². The van der Waals surface area contributed by atoms with Gasteiger partial charge in [0.1, 0.15) is 0 Å². The van der Waals surface area contributed by atoms with Crippen molar-refractivity contribution < 1.29 is 0 Å². The van der Waals surface area contributed by atoms with E-state index in [0.29, 0.717) is 12.1 Å². The average molecular weight is 266 g/mol. The standard InChI is InChI=1S/C15H26N2S/c1-10(14-8-6-5-7-9-14)16-11(2)15-12(3)17-13(4)18-15/h10-11,14,16H,5-9H2,1-4H3. The van der Waals surface area contributed by atoms with Gasteiger partial charge in [-0.25, -0.2) is 4.98 Å². The van der Waals surface area contributed by atoms with Crippen LogP contribution in [0.25, 0.3) is 0 Å². The fourth-order valence-electron chi connectivity index (χ4n) is 3.19. The second kappa shape index (κ2) is 6.16. The Labute approximate surface area is 115 Å². The molecule has 102 valence electrons. The smallest absolute Gasteiger partial charge is 0.0900 e. The lowest BCUT2D eigenvalue weighted by atomic mass is 9.84. The van der Waals surface area contributed by atoms with Crippen molar-refractivity contribution in [1.82, 2.24) is 10.3 Å². The highest BCUT2D eigenvalue weighted by Gasteiger charge is 2.22. The molecule has 1 aromatic rings. The van der Waals surface area contributed by atoms with Crippen molar-refractivity contribution in [2.75, 3.05) is 0 Å². The van der Waals surface area contributed by atoms with Gasteiger partial charge in [-0.05, 0) is 46.5 Å². The van der Waals surface area contributed by atoms with Crippen LogP contribution in [-0.4, -0.2) is 11.0 Å². The van der Waals surface area contributed by atoms with Crippen LogP contribution in [0.5, 0.6) is 0 Å². The zero-order chi connectivity index (χ0) is 13.1. The Morgan fingerprint density at radius 1 is 1.17 bits per heavy atom. The van der Waals surface area contributed by atoms with Crippen molar-refractivity contribution in [3.63, 3.8) is 0 Å². The van der Waals surface area contributed by atoms with Crippen molar-refractivity contribution >= 4 is 11.3 Å². The summed E-state index contributed by atoms with van der Waals surface area (Å²) in [6, 6.07) is 1.07. The molecule has 0 saturated heterocycles. The van der Waals surface area contributed by atoms with Gasteiger partial charge in [0, 0.05) is 17.0 Å². The average Bonchev–Trinajstić information content (AvgIpc) is 2.69. The monoisotopic (exact) mass is 266 g/mol. The summed E-state index contributed by atoms with van der Waals surface area (Å²) >= 11 is 1.84. The maximum Gasteiger partial charge on any atom is 0.0900 e. The molecule has 0 bridgehead atoms. The Morgan fingerprint density at radius 3 is 2.39 bits per heavy atom. The van der Waals surface area contributed by atoms with E-state index in [-0.39, 0.29) is 0 Å². The Hall–Kier alpha value is -0.410. The van der Waals surface area contributed by atoms with Crippen LogP contribution < -0.4 is 5.32 Å². The highest BCUT2D eigenvalue weighted by atomic mass is 32.1. The van der Waals surface area contributed by atoms with Crippen molar-refractivity contribution in [1.29, 1.82) is 0 Å². The molecule has 2 unspecified atom stereocenters. The van der Waals surface area contributed by atoms with E-state index in [1.54, 1.807) is 0 Å². The maximum absolute atomic E-state index is 4.53. The summed E-state index contributed by atoms with van der Waals surface area (Å²) < 4.78 is 0. The molecular weight excluding hydrogens is 240 g/mol. The van der Waals surface area contributed by atoms with Gasteiger partial charge in [0.2, 0.25) is 0 Å². The molecule has 1 aliphatic carbocycles. The van der Waals surface area contributed by atoms with Gasteiger partial charge in [-0.1, -0.05) is 19.3 Å². The fourth-order valence-corrected chi connectivity index (χ4v) is 4.13. The lowest BCUT2D eigenvalue weighted by molar-refractivity contribution is 0.269. The molecule has 0 spiro atoms. The molecule has 18 heavy (non-hydrogen) atoms. The molecule has 1 N–H and O–H groups in total. The molecule has 1 saturated carbocycles. The van der Waals surface area contributed by atoms with Gasteiger partial charge in [-0.3, -0.25) is 0 Å². The third kappa shape index (κ3) is 3.33. The Morgan fingerprint density at radius 2 is 1.83 bits per heavy atom. The third-order valence-electron chi connectivity index (χ3n) is 4.20. The lowest BCUT2D eigenvalue weighted by Crippen LogP contribution is -2.36. The Balaban J connectivity index is 1.93. The summed E-state index contributed by atoms with van der Waals surface area (Å²) in [5, 5.41) is 4.97. The van der Waals surface area contributed by atoms with Gasteiger partial charge >= 0.3 is 0 Å². The molecule has 2 rings (SSSR count). The number of nitrogens with one attached hydrogen (secondary N) is 1. The first-order valence-electron chi connectivity index (χ1n) is 7.28. The first-order valence-corrected chi connectivity index (χ1v) is 8.09. The zero-order valence-corrected chi connectivity index (χ0v) is 12.9. The van der Waals surface area contributed by atoms with E-state index in [4.69, 9.17) is 0 Å². The third-order valence-corrected chi connectivity index (χ3v) is 5.46. The summed E-state index contributed by atoms with van der Waals surface area (Å²) in [7, 11) is 0. The summed E-state index contributed by atoms with van der Waals surface area (Å²) in [5.74, 6) is 0.871. The van der Waals surface area contributed by atoms with Crippen LogP contribution >= 0.6 is 11.3 Å². The Bertz CT molecular complexity index is 380. The second-order valence-electron chi connectivity index (χ2n) is 5.76. The minimum atomic E-state index is 0.438. The Kier molecular flexibility index (Phi) is 4.79. The molecule has 3 heteroatoms. The fraction of sp³-hybridized carbons (Fsp3) is 0.800. The van der Waals surface area contributed by atoms with E-state index in [1.165, 1.54) is 47.7 Å². The molecule has 2 nitrogen and oxygen atoms in total. The molecule has 0 amide bonds. The van der Waals surface area contributed by atoms with Gasteiger partial charge in [0.05, 0.1) is 10.7 Å². The van der Waals surface area contributed by atoms with E-state index < -0.39 is 0 Å². The molecular formula is C15H26N2S. The summed E-state index contributed by atoms with van der Waals surface area (Å²) in [5.41, 5.74) is 1.20. The SMILES string of the molecule is Cc1nc(C)c(C(C)NC(C)C2CCCCC2)s1. The predicted octanol–water partition coefficient (Wildman–Crippen LogP) is 4.38. The summed E-state index contributed by atoms with van der Waals surface area (Å²) in [6.07, 6.45) is 7.09. The minimum Gasteiger partial charge on any atom is -0.307 e. The van der Waals surface area contributed by atoms with E-state index in [0.717, 1.165) is 5.92 Å². The van der Waals surface area contributed by atoms with Crippen LogP contribution in [0.15, 0.2) is 0 Å². The van der Waals surface area contributed by atoms with E-state index in [1.807, 2.05) is 11.3 Å². The highest BCUT2D eigenvalue weighted by Crippen LogP contribution is 2.29. The topological polar surface area (TPSA) is 24.9 Å². The van der Waals surface area contributed by atoms with Crippen LogP contribution in [0, 0.1) is 19.8 Å². The van der Waals surface area contributed by atoms with Gasteiger partial charge < -0.3 is 5.32 Å². The normalized spacial score (nSPS) is 20.9. The van der Waals surface area contributed by atoms with Crippen molar-refractivity contribution in [3.05, 3.63) is 15.6 Å². The molecule has 0 aliphatic heterocycles. The number of hydrogen-bond acceptors (Lipinski definition) is 3. The van der Waals surface area contributed by atoms with Gasteiger partial charge in [-0.2, -0.15) is 0 Å². The minimum absolute atomic E-state index is 0.438. The van der Waals surface area contributed by atoms with Crippen molar-refractivity contribution in [3.8, 4) is 0 Å². The van der Waals surface area contributed by atoms with Crippen molar-refractivity contribution in [2.45, 2.75) is 71.9 Å². The van der Waals surface area contributed by atoms with Crippen LogP contribution in [-0.2, 0) is 0 Å². The summed E-state index contributed by atoms with van der Waals surface area (Å²) in [4.78, 5) is 5.94. The molecule has 0 aromatic carbocycles. The summed E-state index contributed by atoms with van der Waals surface area (Å²) in [6.45, 7) is 8.86. The largest absolute Gasteiger partial charge is 0.307 e. The number of hydrogen-bond donors (Lipinski definition) is 1. The number of thiazole rings is 1. The quantitative estimate of drug-likeness (QED) is 0.875. The number of nitrogens with zero attached hydrogens (tertiary/aromatic N) is 1. The van der Waals surface area contributed by atoms with E-state index in [2.05, 4.69) is 38.0 Å². The zero-order valence-electron chi connectivity index (χ0n) is 12.1. The predicted molar refractivity (Wildman–Crippen MR) is 79.2 cm³/mol. The van der Waals surface area contributed by atoms with Gasteiger partial charge in [-0.15, -0.1) is 11.3 Å². The molecule has 1 fully saturated rings. The first-order chi connectivity index (χ1) is 8.58. The van der Waals surface area contributed by atoms with Gasteiger partial charge in [0.25, 0.3) is 0 Å². The lowest BCUT2D eigenvalue weighted by Gasteiger charge is -2.30. The van der Waals surface area contributed by atoms with Gasteiger partial charge in [0.15, 0.2) is 0 Å². The molecule has 1 aliphatic rings. The van der Waals surface area contributed by atoms with Crippen LogP contribution in [0.3, 0.4) is 0 Å². The van der Waals surface area contributed by atoms with E-state index in [9.17, 15) is 0 Å². The molecule has 1 heterocycles. The number of rotatable bonds is 4. The van der Waals surface area contributed by atoms with E-state index >= 15 is 0 Å². The van der Waals surface area contributed by atoms with Crippen molar-refractivity contribution in [2.24, 2.45) is 5.92 Å². The molecule has 0 radical (unpaired) electrons. The highest BCUT2D eigenvalue weighted by molar-refractivity contribution is 7.11. The number of aromatic nitrogens is 1. The molecule has 2 atom stereocenters. The number of aryl methyl sites for hydroxylation is 2.